The maximum Gasteiger partial charge on any atom is 0.278 e. The highest BCUT2D eigenvalue weighted by Gasteiger charge is 2.22. The second kappa shape index (κ2) is 4.33. The summed E-state index contributed by atoms with van der Waals surface area (Å²) >= 11 is 3.39. The number of aryl methyl sites for hydroxylation is 1. The molecule has 0 aliphatic carbocycles. The number of carbonyl (C=O) groups is 1. The van der Waals surface area contributed by atoms with E-state index in [0.29, 0.717) is 18.7 Å². The van der Waals surface area contributed by atoms with E-state index in [4.69, 9.17) is 4.84 Å². The fourth-order valence-corrected chi connectivity index (χ4v) is 2.20. The van der Waals surface area contributed by atoms with Gasteiger partial charge in [0, 0.05) is 4.47 Å². The number of rotatable bonds is 1. The molecule has 0 atom stereocenters. The molecular formula is C11H12BrNO2. The van der Waals surface area contributed by atoms with Gasteiger partial charge in [-0.05, 0) is 47.0 Å². The summed E-state index contributed by atoms with van der Waals surface area (Å²) in [5.41, 5.74) is 1.78. The number of nitrogens with zero attached hydrogens (tertiary/aromatic N) is 1. The molecule has 0 unspecified atom stereocenters. The summed E-state index contributed by atoms with van der Waals surface area (Å²) < 4.78 is 0.822. The van der Waals surface area contributed by atoms with E-state index in [1.807, 2.05) is 25.1 Å². The van der Waals surface area contributed by atoms with Crippen LogP contribution in [0.15, 0.2) is 22.7 Å². The minimum Gasteiger partial charge on any atom is -0.271 e. The van der Waals surface area contributed by atoms with Crippen molar-refractivity contribution in [3.8, 4) is 0 Å². The van der Waals surface area contributed by atoms with Crippen molar-refractivity contribution < 1.29 is 9.63 Å². The Morgan fingerprint density at radius 2 is 2.33 bits per heavy atom. The lowest BCUT2D eigenvalue weighted by Gasteiger charge is -2.14. The minimum absolute atomic E-state index is 0.0700. The second-order valence-electron chi connectivity index (χ2n) is 3.58. The van der Waals surface area contributed by atoms with E-state index in [0.717, 1.165) is 16.5 Å². The molecule has 1 aromatic rings. The van der Waals surface area contributed by atoms with Crippen molar-refractivity contribution in [2.45, 2.75) is 13.3 Å². The summed E-state index contributed by atoms with van der Waals surface area (Å²) in [6.45, 7) is 3.31. The third kappa shape index (κ3) is 2.21. The van der Waals surface area contributed by atoms with Gasteiger partial charge in [0.05, 0.1) is 18.7 Å². The fraction of sp³-hybridized carbons (Fsp3) is 0.364. The molecule has 1 amide bonds. The van der Waals surface area contributed by atoms with Gasteiger partial charge in [-0.3, -0.25) is 9.63 Å². The van der Waals surface area contributed by atoms with E-state index in [2.05, 4.69) is 15.9 Å². The SMILES string of the molecule is Cc1ccc(C(=O)N2CCCO2)c(Br)c1. The number of halogens is 1. The Hall–Kier alpha value is -0.870. The lowest BCUT2D eigenvalue weighted by atomic mass is 10.1. The molecule has 0 aromatic heterocycles. The normalized spacial score (nSPS) is 15.7. The first-order valence-electron chi connectivity index (χ1n) is 4.89. The van der Waals surface area contributed by atoms with Gasteiger partial charge in [-0.2, -0.15) is 0 Å². The highest BCUT2D eigenvalue weighted by molar-refractivity contribution is 9.10. The summed E-state index contributed by atoms with van der Waals surface area (Å²) in [5, 5.41) is 1.43. The van der Waals surface area contributed by atoms with E-state index in [-0.39, 0.29) is 5.91 Å². The van der Waals surface area contributed by atoms with Crippen LogP contribution in [-0.2, 0) is 4.84 Å². The van der Waals surface area contributed by atoms with Crippen LogP contribution in [0.25, 0.3) is 0 Å². The molecule has 1 saturated heterocycles. The standard InChI is InChI=1S/C11H12BrNO2/c1-8-3-4-9(10(12)7-8)11(14)13-5-2-6-15-13/h3-4,7H,2,5-6H2,1H3. The Kier molecular flexibility index (Phi) is 3.07. The number of hydroxylamine groups is 2. The summed E-state index contributed by atoms with van der Waals surface area (Å²) in [4.78, 5) is 17.2. The van der Waals surface area contributed by atoms with Gasteiger partial charge in [0.15, 0.2) is 0 Å². The molecule has 1 heterocycles. The Bertz CT molecular complexity index is 386. The predicted molar refractivity (Wildman–Crippen MR) is 60.5 cm³/mol. The van der Waals surface area contributed by atoms with Crippen molar-refractivity contribution in [2.75, 3.05) is 13.2 Å². The van der Waals surface area contributed by atoms with Gasteiger partial charge in [-0.15, -0.1) is 0 Å². The Labute approximate surface area is 97.1 Å². The summed E-state index contributed by atoms with van der Waals surface area (Å²) in [7, 11) is 0. The number of amides is 1. The zero-order valence-electron chi connectivity index (χ0n) is 8.50. The molecule has 3 nitrogen and oxygen atoms in total. The monoisotopic (exact) mass is 269 g/mol. The smallest absolute Gasteiger partial charge is 0.271 e. The third-order valence-corrected chi connectivity index (χ3v) is 2.99. The topological polar surface area (TPSA) is 29.5 Å². The largest absolute Gasteiger partial charge is 0.278 e. The average Bonchev–Trinajstić information content (AvgIpc) is 2.69. The lowest BCUT2D eigenvalue weighted by Crippen LogP contribution is -2.26. The highest BCUT2D eigenvalue weighted by atomic mass is 79.9. The molecule has 0 saturated carbocycles. The lowest BCUT2D eigenvalue weighted by molar-refractivity contribution is -0.0769. The molecule has 2 rings (SSSR count). The van der Waals surface area contributed by atoms with Crippen LogP contribution < -0.4 is 0 Å². The Morgan fingerprint density at radius 1 is 1.53 bits per heavy atom. The van der Waals surface area contributed by atoms with Crippen molar-refractivity contribution in [1.82, 2.24) is 5.06 Å². The van der Waals surface area contributed by atoms with E-state index < -0.39 is 0 Å². The van der Waals surface area contributed by atoms with Gasteiger partial charge in [-0.1, -0.05) is 6.07 Å². The zero-order chi connectivity index (χ0) is 10.8. The van der Waals surface area contributed by atoms with Crippen molar-refractivity contribution >= 4 is 21.8 Å². The van der Waals surface area contributed by atoms with Crippen LogP contribution in [0.3, 0.4) is 0 Å². The molecule has 1 aromatic carbocycles. The van der Waals surface area contributed by atoms with Crippen LogP contribution in [0.4, 0.5) is 0 Å². The van der Waals surface area contributed by atoms with Gasteiger partial charge in [-0.25, -0.2) is 5.06 Å². The van der Waals surface area contributed by atoms with E-state index >= 15 is 0 Å². The van der Waals surface area contributed by atoms with Crippen LogP contribution in [0.5, 0.6) is 0 Å². The quantitative estimate of drug-likeness (QED) is 0.784. The molecular weight excluding hydrogens is 258 g/mol. The fourth-order valence-electron chi connectivity index (χ4n) is 1.54. The van der Waals surface area contributed by atoms with Gasteiger partial charge in [0.25, 0.3) is 5.91 Å². The van der Waals surface area contributed by atoms with Crippen molar-refractivity contribution in [3.63, 3.8) is 0 Å². The van der Waals surface area contributed by atoms with E-state index in [1.54, 1.807) is 0 Å². The van der Waals surface area contributed by atoms with E-state index in [1.165, 1.54) is 5.06 Å². The second-order valence-corrected chi connectivity index (χ2v) is 4.43. The van der Waals surface area contributed by atoms with Crippen molar-refractivity contribution in [1.29, 1.82) is 0 Å². The molecule has 1 aliphatic heterocycles. The first kappa shape index (κ1) is 10.6. The molecule has 15 heavy (non-hydrogen) atoms. The average molecular weight is 270 g/mol. The van der Waals surface area contributed by atoms with Crippen LogP contribution in [0, 0.1) is 6.92 Å². The summed E-state index contributed by atoms with van der Waals surface area (Å²) in [6.07, 6.45) is 0.912. The highest BCUT2D eigenvalue weighted by Crippen LogP contribution is 2.21. The number of benzene rings is 1. The van der Waals surface area contributed by atoms with Crippen molar-refractivity contribution in [3.05, 3.63) is 33.8 Å². The molecule has 1 fully saturated rings. The molecule has 80 valence electrons. The molecule has 0 N–H and O–H groups in total. The molecule has 0 spiro atoms. The van der Waals surface area contributed by atoms with Gasteiger partial charge >= 0.3 is 0 Å². The maximum absolute atomic E-state index is 12.0. The number of carbonyl (C=O) groups excluding carboxylic acids is 1. The summed E-state index contributed by atoms with van der Waals surface area (Å²) in [5.74, 6) is -0.0700. The molecule has 0 radical (unpaired) electrons. The van der Waals surface area contributed by atoms with Crippen LogP contribution >= 0.6 is 15.9 Å². The van der Waals surface area contributed by atoms with Crippen LogP contribution in [0.2, 0.25) is 0 Å². The molecule has 4 heteroatoms. The van der Waals surface area contributed by atoms with Crippen LogP contribution in [0.1, 0.15) is 22.3 Å². The van der Waals surface area contributed by atoms with Gasteiger partial charge in [0.1, 0.15) is 0 Å². The van der Waals surface area contributed by atoms with E-state index in [9.17, 15) is 4.79 Å². The first-order chi connectivity index (χ1) is 7.18. The Morgan fingerprint density at radius 3 is 2.93 bits per heavy atom. The Balaban J connectivity index is 2.24. The van der Waals surface area contributed by atoms with Crippen molar-refractivity contribution in [2.24, 2.45) is 0 Å². The zero-order valence-corrected chi connectivity index (χ0v) is 10.1. The predicted octanol–water partition coefficient (Wildman–Crippen LogP) is 2.54. The number of hydrogen-bond donors (Lipinski definition) is 0. The summed E-state index contributed by atoms with van der Waals surface area (Å²) in [6, 6.07) is 5.68. The minimum atomic E-state index is -0.0700. The van der Waals surface area contributed by atoms with Gasteiger partial charge in [0.2, 0.25) is 0 Å². The van der Waals surface area contributed by atoms with Crippen LogP contribution in [-0.4, -0.2) is 24.1 Å². The number of hydrogen-bond acceptors (Lipinski definition) is 2. The maximum atomic E-state index is 12.0. The molecule has 0 bridgehead atoms. The first-order valence-corrected chi connectivity index (χ1v) is 5.69. The molecule has 1 aliphatic rings. The van der Waals surface area contributed by atoms with Gasteiger partial charge < -0.3 is 0 Å². The third-order valence-electron chi connectivity index (χ3n) is 2.33.